The fourth-order valence-corrected chi connectivity index (χ4v) is 4.07. The smallest absolute Gasteiger partial charge is 0.340 e. The van der Waals surface area contributed by atoms with Crippen LogP contribution < -0.4 is 11.4 Å². The summed E-state index contributed by atoms with van der Waals surface area (Å²) in [6, 6.07) is 4.06. The van der Waals surface area contributed by atoms with Crippen molar-refractivity contribution >= 4 is 42.9 Å². The van der Waals surface area contributed by atoms with Gasteiger partial charge in [-0.25, -0.2) is 23.1 Å². The summed E-state index contributed by atoms with van der Waals surface area (Å²) in [7, 11) is -2.63. The van der Waals surface area contributed by atoms with Crippen molar-refractivity contribution in [2.75, 3.05) is 7.05 Å². The lowest BCUT2D eigenvalue weighted by atomic mass is 10.2. The number of hydrogen-bond acceptors (Lipinski definition) is 5. The first-order valence-electron chi connectivity index (χ1n) is 6.90. The highest BCUT2D eigenvalue weighted by Gasteiger charge is 2.27. The van der Waals surface area contributed by atoms with Crippen LogP contribution in [-0.4, -0.2) is 45.6 Å². The third-order valence-electron chi connectivity index (χ3n) is 3.58. The molecule has 0 bridgehead atoms. The quantitative estimate of drug-likeness (QED) is 0.555. The molecule has 132 valence electrons. The zero-order valence-corrected chi connectivity index (χ0v) is 15.3. The number of rotatable bonds is 4. The van der Waals surface area contributed by atoms with Gasteiger partial charge in [-0.3, -0.25) is 9.55 Å². The summed E-state index contributed by atoms with van der Waals surface area (Å²) < 4.78 is 28.6. The number of sulfonamides is 1. The van der Waals surface area contributed by atoms with E-state index in [-0.39, 0.29) is 17.3 Å². The predicted molar refractivity (Wildman–Crippen MR) is 92.5 cm³/mol. The predicted octanol–water partition coefficient (Wildman–Crippen LogP) is 0.563. The highest BCUT2D eigenvalue weighted by molar-refractivity contribution is 9.10. The van der Waals surface area contributed by atoms with Gasteiger partial charge < -0.3 is 5.73 Å². The first-order valence-corrected chi connectivity index (χ1v) is 9.14. The van der Waals surface area contributed by atoms with Crippen LogP contribution in [-0.2, 0) is 16.6 Å². The molecule has 0 aliphatic carbocycles. The number of primary amides is 1. The van der Waals surface area contributed by atoms with Gasteiger partial charge in [0.15, 0.2) is 0 Å². The maximum Gasteiger partial charge on any atom is 0.340 e. The van der Waals surface area contributed by atoms with Gasteiger partial charge in [-0.05, 0) is 18.2 Å². The first-order chi connectivity index (χ1) is 11.7. The summed E-state index contributed by atoms with van der Waals surface area (Å²) in [5.74, 6) is 0.163. The molecular weight excluding hydrogens is 416 g/mol. The Kier molecular flexibility index (Phi) is 4.26. The first kappa shape index (κ1) is 17.4. The molecular formula is C13H13BrN6O4S. The standard InChI is InChI=1S/C13H13BrN6O4S/c1-19(6-11-16-13(22)18-17-11)25(23,24)10-5-20(12(15)21)9-3-2-7(14)4-8(9)10/h2-5H,6H2,1H3,(H2,15,21)(H2,16,17,18,22). The van der Waals surface area contributed by atoms with Crippen LogP contribution in [0.4, 0.5) is 4.79 Å². The molecule has 0 saturated carbocycles. The minimum absolute atomic E-state index is 0.0806. The summed E-state index contributed by atoms with van der Waals surface area (Å²) in [6.07, 6.45) is 1.18. The van der Waals surface area contributed by atoms with Crippen molar-refractivity contribution in [3.63, 3.8) is 0 Å². The lowest BCUT2D eigenvalue weighted by Crippen LogP contribution is -2.27. The highest BCUT2D eigenvalue weighted by Crippen LogP contribution is 2.30. The largest absolute Gasteiger partial charge is 0.351 e. The Hall–Kier alpha value is -2.44. The fraction of sp³-hybridized carbons (Fsp3) is 0.154. The van der Waals surface area contributed by atoms with E-state index in [1.165, 1.54) is 13.2 Å². The van der Waals surface area contributed by atoms with Crippen molar-refractivity contribution in [1.29, 1.82) is 0 Å². The van der Waals surface area contributed by atoms with Crippen LogP contribution in [0.15, 0.2) is 38.6 Å². The van der Waals surface area contributed by atoms with Crippen molar-refractivity contribution in [2.24, 2.45) is 5.73 Å². The van der Waals surface area contributed by atoms with Crippen molar-refractivity contribution in [3.05, 3.63) is 45.2 Å². The van der Waals surface area contributed by atoms with Crippen LogP contribution >= 0.6 is 15.9 Å². The van der Waals surface area contributed by atoms with Gasteiger partial charge in [-0.15, -0.1) is 0 Å². The fourth-order valence-electron chi connectivity index (χ4n) is 2.40. The number of fused-ring (bicyclic) bond motifs is 1. The zero-order valence-electron chi connectivity index (χ0n) is 12.9. The number of nitrogens with one attached hydrogen (secondary N) is 2. The number of nitrogens with two attached hydrogens (primary N) is 1. The Morgan fingerprint density at radius 2 is 2.16 bits per heavy atom. The van der Waals surface area contributed by atoms with Gasteiger partial charge in [-0.1, -0.05) is 15.9 Å². The number of aromatic amines is 2. The van der Waals surface area contributed by atoms with E-state index in [1.807, 2.05) is 0 Å². The number of nitrogens with zero attached hydrogens (tertiary/aromatic N) is 3. The van der Waals surface area contributed by atoms with Crippen molar-refractivity contribution in [3.8, 4) is 0 Å². The molecule has 10 nitrogen and oxygen atoms in total. The topological polar surface area (TPSA) is 147 Å². The Bertz CT molecular complexity index is 1130. The van der Waals surface area contributed by atoms with Crippen LogP contribution in [0.1, 0.15) is 5.82 Å². The number of amides is 1. The number of aromatic nitrogens is 4. The highest BCUT2D eigenvalue weighted by atomic mass is 79.9. The van der Waals surface area contributed by atoms with Gasteiger partial charge in [0, 0.05) is 23.1 Å². The Morgan fingerprint density at radius 3 is 2.76 bits per heavy atom. The van der Waals surface area contributed by atoms with Gasteiger partial charge >= 0.3 is 11.7 Å². The molecule has 0 radical (unpaired) electrons. The molecule has 0 aliphatic heterocycles. The third kappa shape index (κ3) is 3.10. The number of benzene rings is 1. The summed E-state index contributed by atoms with van der Waals surface area (Å²) in [5.41, 5.74) is 5.17. The van der Waals surface area contributed by atoms with E-state index in [1.54, 1.807) is 18.2 Å². The number of carbonyl (C=O) groups is 1. The second-order valence-electron chi connectivity index (χ2n) is 5.25. The molecule has 0 saturated heterocycles. The number of hydrogen-bond donors (Lipinski definition) is 3. The second kappa shape index (κ2) is 6.13. The van der Waals surface area contributed by atoms with E-state index in [0.29, 0.717) is 15.4 Å². The Balaban J connectivity index is 2.11. The van der Waals surface area contributed by atoms with Crippen molar-refractivity contribution in [1.82, 2.24) is 24.1 Å². The van der Waals surface area contributed by atoms with E-state index >= 15 is 0 Å². The lowest BCUT2D eigenvalue weighted by molar-refractivity contribution is 0.251. The van der Waals surface area contributed by atoms with Gasteiger partial charge in [-0.2, -0.15) is 9.40 Å². The van der Waals surface area contributed by atoms with Crippen LogP contribution in [0.3, 0.4) is 0 Å². The van der Waals surface area contributed by atoms with Crippen molar-refractivity contribution < 1.29 is 13.2 Å². The molecule has 3 rings (SSSR count). The van der Waals surface area contributed by atoms with Gasteiger partial charge in [0.2, 0.25) is 10.0 Å². The van der Waals surface area contributed by atoms with Crippen LogP contribution in [0.2, 0.25) is 0 Å². The van der Waals surface area contributed by atoms with E-state index in [0.717, 1.165) is 8.87 Å². The van der Waals surface area contributed by atoms with Gasteiger partial charge in [0.25, 0.3) is 0 Å². The van der Waals surface area contributed by atoms with Crippen LogP contribution in [0, 0.1) is 0 Å². The zero-order chi connectivity index (χ0) is 18.4. The van der Waals surface area contributed by atoms with E-state index in [2.05, 4.69) is 31.1 Å². The second-order valence-corrected chi connectivity index (χ2v) is 8.18. The van der Waals surface area contributed by atoms with E-state index < -0.39 is 21.7 Å². The van der Waals surface area contributed by atoms with Gasteiger partial charge in [0.1, 0.15) is 10.7 Å². The number of H-pyrrole nitrogens is 2. The molecule has 1 amide bonds. The molecule has 0 spiro atoms. The van der Waals surface area contributed by atoms with Crippen LogP contribution in [0.5, 0.6) is 0 Å². The average molecular weight is 429 g/mol. The minimum atomic E-state index is -3.98. The summed E-state index contributed by atoms with van der Waals surface area (Å²) in [5, 5.41) is 6.20. The normalized spacial score (nSPS) is 12.1. The summed E-state index contributed by atoms with van der Waals surface area (Å²) in [4.78, 5) is 25.0. The molecule has 0 fully saturated rings. The maximum absolute atomic E-state index is 12.9. The SMILES string of the molecule is CN(Cc1n[nH]c(=O)[nH]1)S(=O)(=O)c1cn(C(N)=O)c2ccc(Br)cc12. The Labute approximate surface area is 149 Å². The molecule has 2 aromatic heterocycles. The molecule has 1 aromatic carbocycles. The third-order valence-corrected chi connectivity index (χ3v) is 5.90. The average Bonchev–Trinajstić information content (AvgIpc) is 3.10. The summed E-state index contributed by atoms with van der Waals surface area (Å²) in [6.45, 7) is -0.154. The molecule has 2 heterocycles. The minimum Gasteiger partial charge on any atom is -0.351 e. The van der Waals surface area contributed by atoms with Crippen molar-refractivity contribution in [2.45, 2.75) is 11.4 Å². The van der Waals surface area contributed by atoms with E-state index in [4.69, 9.17) is 5.73 Å². The summed E-state index contributed by atoms with van der Waals surface area (Å²) >= 11 is 3.29. The lowest BCUT2D eigenvalue weighted by Gasteiger charge is -2.15. The molecule has 4 N–H and O–H groups in total. The van der Waals surface area contributed by atoms with E-state index in [9.17, 15) is 18.0 Å². The Morgan fingerprint density at radius 1 is 1.44 bits per heavy atom. The number of carbonyl (C=O) groups excluding carboxylic acids is 1. The number of halogens is 1. The molecule has 0 unspecified atom stereocenters. The maximum atomic E-state index is 12.9. The van der Waals surface area contributed by atoms with Crippen LogP contribution in [0.25, 0.3) is 10.9 Å². The molecule has 12 heteroatoms. The molecule has 0 aliphatic rings. The molecule has 0 atom stereocenters. The van der Waals surface area contributed by atoms with Gasteiger partial charge in [0.05, 0.1) is 12.1 Å². The molecule has 3 aromatic rings. The monoisotopic (exact) mass is 428 g/mol. The molecule has 25 heavy (non-hydrogen) atoms.